The highest BCUT2D eigenvalue weighted by molar-refractivity contribution is 8.00. The second kappa shape index (κ2) is 14.6. The monoisotopic (exact) mass is 324 g/mol. The number of carbonyl (C=O) groups is 1. The van der Waals surface area contributed by atoms with Crippen LogP contribution in [0, 0.1) is 0 Å². The number of ether oxygens (including phenoxy) is 1. The number of alkyl halides is 2. The van der Waals surface area contributed by atoms with Gasteiger partial charge in [-0.25, -0.2) is 8.78 Å². The maximum atomic E-state index is 12.0. The van der Waals surface area contributed by atoms with Gasteiger partial charge >= 0.3 is 5.97 Å². The Hall–Kier alpha value is -0.320. The molecule has 0 aromatic rings. The van der Waals surface area contributed by atoms with Gasteiger partial charge in [-0.1, -0.05) is 39.5 Å². The third-order valence-electron chi connectivity index (χ3n) is 3.17. The zero-order chi connectivity index (χ0) is 15.9. The summed E-state index contributed by atoms with van der Waals surface area (Å²) in [5, 5.41) is -0.0578. The first-order valence-corrected chi connectivity index (χ1v) is 9.23. The van der Waals surface area contributed by atoms with Crippen LogP contribution in [0.3, 0.4) is 0 Å². The van der Waals surface area contributed by atoms with E-state index in [1.165, 1.54) is 0 Å². The summed E-state index contributed by atoms with van der Waals surface area (Å²) in [6, 6.07) is 0. The first-order chi connectivity index (χ1) is 10.1. The molecule has 5 heteroatoms. The number of unbranched alkanes of at least 4 members (excludes halogenated alkanes) is 4. The third-order valence-corrected chi connectivity index (χ3v) is 4.52. The molecule has 21 heavy (non-hydrogen) atoms. The number of rotatable bonds is 14. The fraction of sp³-hybridized carbons (Fsp3) is 0.938. The maximum Gasteiger partial charge on any atom is 0.319 e. The van der Waals surface area contributed by atoms with Gasteiger partial charge in [0.25, 0.3) is 0 Å². The molecule has 0 spiro atoms. The fourth-order valence-electron chi connectivity index (χ4n) is 1.93. The summed E-state index contributed by atoms with van der Waals surface area (Å²) in [6.45, 7) is 4.60. The van der Waals surface area contributed by atoms with Crippen LogP contribution in [0.25, 0.3) is 0 Å². The van der Waals surface area contributed by atoms with Crippen molar-refractivity contribution in [3.05, 3.63) is 0 Å². The molecule has 1 atom stereocenters. The van der Waals surface area contributed by atoms with Crippen LogP contribution in [-0.2, 0) is 9.53 Å². The summed E-state index contributed by atoms with van der Waals surface area (Å²) < 4.78 is 29.2. The Morgan fingerprint density at radius 2 is 1.71 bits per heavy atom. The predicted molar refractivity (Wildman–Crippen MR) is 86.1 cm³/mol. The number of hydrogen-bond acceptors (Lipinski definition) is 3. The highest BCUT2D eigenvalue weighted by Gasteiger charge is 2.19. The first kappa shape index (κ1) is 20.7. The van der Waals surface area contributed by atoms with Crippen molar-refractivity contribution in [3.63, 3.8) is 0 Å². The molecule has 1 unspecified atom stereocenters. The van der Waals surface area contributed by atoms with Crippen molar-refractivity contribution in [2.45, 2.75) is 83.3 Å². The summed E-state index contributed by atoms with van der Waals surface area (Å²) >= 11 is 1.66. The SMILES string of the molecule is CCCCC(SCCCCCCC(F)F)C(=O)OCCC. The van der Waals surface area contributed by atoms with Crippen molar-refractivity contribution >= 4 is 17.7 Å². The van der Waals surface area contributed by atoms with Crippen LogP contribution in [0.4, 0.5) is 8.78 Å². The highest BCUT2D eigenvalue weighted by Crippen LogP contribution is 2.21. The van der Waals surface area contributed by atoms with E-state index in [2.05, 4.69) is 6.92 Å². The van der Waals surface area contributed by atoms with E-state index < -0.39 is 6.43 Å². The third kappa shape index (κ3) is 13.1. The molecule has 0 aliphatic carbocycles. The van der Waals surface area contributed by atoms with Gasteiger partial charge in [0, 0.05) is 6.42 Å². The van der Waals surface area contributed by atoms with Gasteiger partial charge in [-0.15, -0.1) is 11.8 Å². The number of halogens is 2. The van der Waals surface area contributed by atoms with Crippen LogP contribution in [0.2, 0.25) is 0 Å². The van der Waals surface area contributed by atoms with Crippen molar-refractivity contribution in [2.75, 3.05) is 12.4 Å². The molecule has 0 aromatic heterocycles. The molecule has 0 amide bonds. The molecule has 0 N–H and O–H groups in total. The topological polar surface area (TPSA) is 26.3 Å². The van der Waals surface area contributed by atoms with Crippen molar-refractivity contribution in [1.82, 2.24) is 0 Å². The molecular weight excluding hydrogens is 294 g/mol. The molecule has 0 aliphatic heterocycles. The van der Waals surface area contributed by atoms with Crippen LogP contribution in [0.15, 0.2) is 0 Å². The normalized spacial score (nSPS) is 12.6. The van der Waals surface area contributed by atoms with Crippen LogP contribution in [0.5, 0.6) is 0 Å². The van der Waals surface area contributed by atoms with E-state index in [4.69, 9.17) is 4.74 Å². The molecule has 0 rings (SSSR count). The number of hydrogen-bond donors (Lipinski definition) is 0. The Labute approximate surface area is 132 Å². The summed E-state index contributed by atoms with van der Waals surface area (Å²) in [5.41, 5.74) is 0. The summed E-state index contributed by atoms with van der Waals surface area (Å²) in [4.78, 5) is 11.9. The molecule has 2 nitrogen and oxygen atoms in total. The van der Waals surface area contributed by atoms with Crippen LogP contribution in [-0.4, -0.2) is 30.0 Å². The predicted octanol–water partition coefficient (Wildman–Crippen LogP) is 5.45. The summed E-state index contributed by atoms with van der Waals surface area (Å²) in [7, 11) is 0. The number of thioether (sulfide) groups is 1. The fourth-order valence-corrected chi connectivity index (χ4v) is 3.13. The van der Waals surface area contributed by atoms with Crippen LogP contribution in [0.1, 0.15) is 71.6 Å². The average Bonchev–Trinajstić information content (AvgIpc) is 2.46. The lowest BCUT2D eigenvalue weighted by molar-refractivity contribution is -0.143. The molecule has 0 saturated carbocycles. The molecule has 126 valence electrons. The van der Waals surface area contributed by atoms with Gasteiger partial charge < -0.3 is 4.74 Å². The Kier molecular flexibility index (Phi) is 14.4. The summed E-state index contributed by atoms with van der Waals surface area (Å²) in [6.07, 6.45) is 5.06. The van der Waals surface area contributed by atoms with Crippen molar-refractivity contribution in [3.8, 4) is 0 Å². The van der Waals surface area contributed by atoms with Crippen molar-refractivity contribution < 1.29 is 18.3 Å². The van der Waals surface area contributed by atoms with E-state index in [9.17, 15) is 13.6 Å². The molecule has 0 aliphatic rings. The number of carbonyl (C=O) groups excluding carboxylic acids is 1. The molecule has 0 heterocycles. The van der Waals surface area contributed by atoms with Gasteiger partial charge in [-0.3, -0.25) is 4.79 Å². The average molecular weight is 324 g/mol. The van der Waals surface area contributed by atoms with Crippen molar-refractivity contribution in [1.29, 1.82) is 0 Å². The largest absolute Gasteiger partial charge is 0.465 e. The van der Waals surface area contributed by atoms with Gasteiger partial charge in [0.15, 0.2) is 0 Å². The first-order valence-electron chi connectivity index (χ1n) is 8.18. The molecule has 0 fully saturated rings. The minimum Gasteiger partial charge on any atom is -0.465 e. The van der Waals surface area contributed by atoms with E-state index in [-0.39, 0.29) is 17.6 Å². The summed E-state index contributed by atoms with van der Waals surface area (Å²) in [5.74, 6) is 0.817. The minimum atomic E-state index is -2.17. The van der Waals surface area contributed by atoms with Gasteiger partial charge in [-0.2, -0.15) is 0 Å². The lowest BCUT2D eigenvalue weighted by Crippen LogP contribution is -2.21. The second-order valence-electron chi connectivity index (χ2n) is 5.26. The lowest BCUT2D eigenvalue weighted by Gasteiger charge is -2.15. The van der Waals surface area contributed by atoms with Gasteiger partial charge in [0.1, 0.15) is 5.25 Å². The van der Waals surface area contributed by atoms with E-state index in [1.54, 1.807) is 11.8 Å². The molecule has 0 saturated heterocycles. The Morgan fingerprint density at radius 1 is 1.00 bits per heavy atom. The molecule has 0 radical (unpaired) electrons. The van der Waals surface area contributed by atoms with E-state index >= 15 is 0 Å². The highest BCUT2D eigenvalue weighted by atomic mass is 32.2. The second-order valence-corrected chi connectivity index (χ2v) is 6.57. The number of esters is 1. The van der Waals surface area contributed by atoms with E-state index in [0.717, 1.165) is 50.7 Å². The Morgan fingerprint density at radius 3 is 2.33 bits per heavy atom. The zero-order valence-electron chi connectivity index (χ0n) is 13.4. The van der Waals surface area contributed by atoms with Crippen LogP contribution >= 0.6 is 11.8 Å². The minimum absolute atomic E-state index is 0.00954. The lowest BCUT2D eigenvalue weighted by atomic mass is 10.2. The Balaban J connectivity index is 3.77. The molecule has 0 aromatic carbocycles. The van der Waals surface area contributed by atoms with Gasteiger partial charge in [-0.05, 0) is 31.4 Å². The van der Waals surface area contributed by atoms with Gasteiger partial charge in [0.05, 0.1) is 6.61 Å². The van der Waals surface area contributed by atoms with E-state index in [1.807, 2.05) is 6.92 Å². The van der Waals surface area contributed by atoms with E-state index in [0.29, 0.717) is 13.0 Å². The molecule has 0 bridgehead atoms. The quantitative estimate of drug-likeness (QED) is 0.314. The van der Waals surface area contributed by atoms with Crippen molar-refractivity contribution in [2.24, 2.45) is 0 Å². The molecular formula is C16H30F2O2S. The van der Waals surface area contributed by atoms with Crippen LogP contribution < -0.4 is 0 Å². The Bertz CT molecular complexity index is 250. The smallest absolute Gasteiger partial charge is 0.319 e. The maximum absolute atomic E-state index is 12.0. The van der Waals surface area contributed by atoms with Gasteiger partial charge in [0.2, 0.25) is 6.43 Å². The zero-order valence-corrected chi connectivity index (χ0v) is 14.2. The standard InChI is InChI=1S/C16H30F2O2S/c1-3-5-10-14(16(19)20-12-4-2)21-13-9-7-6-8-11-15(17)18/h14-15H,3-13H2,1-2H3.